The quantitative estimate of drug-likeness (QED) is 0.625. The van der Waals surface area contributed by atoms with Gasteiger partial charge in [-0.25, -0.2) is 0 Å². The Morgan fingerprint density at radius 1 is 1.32 bits per heavy atom. The largest absolute Gasteiger partial charge is 0.457 e. The van der Waals surface area contributed by atoms with Crippen molar-refractivity contribution in [3.05, 3.63) is 48.0 Å². The van der Waals surface area contributed by atoms with Crippen molar-refractivity contribution in [1.82, 2.24) is 5.06 Å². The minimum atomic E-state index is -0.503. The van der Waals surface area contributed by atoms with Crippen LogP contribution in [0.3, 0.4) is 0 Å². The van der Waals surface area contributed by atoms with Gasteiger partial charge in [0, 0.05) is 18.9 Å². The number of carbonyl (C=O) groups is 1. The van der Waals surface area contributed by atoms with Crippen LogP contribution < -0.4 is 0 Å². The normalized spacial score (nSPS) is 36.8. The van der Waals surface area contributed by atoms with E-state index < -0.39 is 5.60 Å². The number of hydroxylamine groups is 2. The number of hydrogen-bond acceptors (Lipinski definition) is 5. The fourth-order valence-corrected chi connectivity index (χ4v) is 3.94. The minimum Gasteiger partial charge on any atom is -0.457 e. The van der Waals surface area contributed by atoms with Gasteiger partial charge in [0.2, 0.25) is 0 Å². The Balaban J connectivity index is 1.59. The molecule has 4 rings (SSSR count). The molecular formula is C17H19NO4. The highest BCUT2D eigenvalue weighted by atomic mass is 16.7. The molecule has 0 N–H and O–H groups in total. The summed E-state index contributed by atoms with van der Waals surface area (Å²) in [6.07, 6.45) is 4.38. The number of rotatable bonds is 4. The van der Waals surface area contributed by atoms with Crippen molar-refractivity contribution in [2.45, 2.75) is 30.7 Å². The van der Waals surface area contributed by atoms with Gasteiger partial charge in [0.05, 0.1) is 19.3 Å². The first-order chi connectivity index (χ1) is 10.8. The lowest BCUT2D eigenvalue weighted by atomic mass is 9.84. The molecular weight excluding hydrogens is 282 g/mol. The molecule has 1 aliphatic carbocycles. The zero-order valence-corrected chi connectivity index (χ0v) is 12.3. The lowest BCUT2D eigenvalue weighted by molar-refractivity contribution is -0.201. The van der Waals surface area contributed by atoms with E-state index in [1.807, 2.05) is 35.4 Å². The number of carbonyl (C=O) groups excluding carboxylic acids is 1. The third-order valence-corrected chi connectivity index (χ3v) is 4.89. The van der Waals surface area contributed by atoms with Gasteiger partial charge in [-0.3, -0.25) is 9.63 Å². The van der Waals surface area contributed by atoms with Crippen LogP contribution in [0.25, 0.3) is 0 Å². The van der Waals surface area contributed by atoms with Gasteiger partial charge in [0.1, 0.15) is 5.60 Å². The molecule has 0 amide bonds. The zero-order chi connectivity index (χ0) is 15.0. The minimum absolute atomic E-state index is 0.104. The van der Waals surface area contributed by atoms with Crippen molar-refractivity contribution in [3.8, 4) is 0 Å². The Morgan fingerprint density at radius 2 is 2.18 bits per heavy atom. The second-order valence-electron chi connectivity index (χ2n) is 6.11. The molecule has 2 fully saturated rings. The fraction of sp³-hybridized carbons (Fsp3) is 0.471. The Morgan fingerprint density at radius 3 is 3.00 bits per heavy atom. The highest BCUT2D eigenvalue weighted by Crippen LogP contribution is 2.47. The van der Waals surface area contributed by atoms with Crippen molar-refractivity contribution >= 4 is 6.47 Å². The van der Waals surface area contributed by atoms with E-state index >= 15 is 0 Å². The number of fused-ring (bicyclic) bond motifs is 2. The SMILES string of the molecule is O=CO[C@@H]1C=CC[C@@]12OC[C@@H]1CON(Cc3ccccc3)[C@@H]12. The number of nitrogens with zero attached hydrogens (tertiary/aromatic N) is 1. The van der Waals surface area contributed by atoms with Gasteiger partial charge >= 0.3 is 0 Å². The molecule has 0 saturated carbocycles. The van der Waals surface area contributed by atoms with Crippen LogP contribution >= 0.6 is 0 Å². The van der Waals surface area contributed by atoms with Crippen LogP contribution in [0.2, 0.25) is 0 Å². The van der Waals surface area contributed by atoms with E-state index in [1.54, 1.807) is 0 Å². The highest BCUT2D eigenvalue weighted by molar-refractivity contribution is 5.40. The topological polar surface area (TPSA) is 48.0 Å². The molecule has 1 aromatic rings. The fourth-order valence-electron chi connectivity index (χ4n) is 3.94. The Labute approximate surface area is 129 Å². The standard InChI is InChI=1S/C17H19NO4/c19-12-20-15-7-4-8-17(15)16-14(10-21-17)11-22-18(16)9-13-5-2-1-3-6-13/h1-7,12,14-16H,8-11H2/t14-,15-,16+,17-/m1/s1. The van der Waals surface area contributed by atoms with Crippen molar-refractivity contribution < 1.29 is 19.1 Å². The molecule has 0 bridgehead atoms. The summed E-state index contributed by atoms with van der Waals surface area (Å²) in [5.74, 6) is 0.321. The van der Waals surface area contributed by atoms with Gasteiger partial charge in [-0.15, -0.1) is 0 Å². The van der Waals surface area contributed by atoms with Gasteiger partial charge in [-0.2, -0.15) is 5.06 Å². The van der Waals surface area contributed by atoms with Crippen molar-refractivity contribution in [2.75, 3.05) is 13.2 Å². The first-order valence-electron chi connectivity index (χ1n) is 7.67. The van der Waals surface area contributed by atoms with E-state index in [2.05, 4.69) is 12.1 Å². The summed E-state index contributed by atoms with van der Waals surface area (Å²) in [5.41, 5.74) is 0.695. The molecule has 2 heterocycles. The van der Waals surface area contributed by atoms with E-state index in [-0.39, 0.29) is 12.1 Å². The van der Waals surface area contributed by atoms with E-state index in [1.165, 1.54) is 5.56 Å². The molecule has 2 saturated heterocycles. The molecule has 0 unspecified atom stereocenters. The molecule has 4 atom stereocenters. The first-order valence-corrected chi connectivity index (χ1v) is 7.67. The average molecular weight is 301 g/mol. The summed E-state index contributed by atoms with van der Waals surface area (Å²) in [5, 5.41) is 2.02. The van der Waals surface area contributed by atoms with Crippen LogP contribution in [0.15, 0.2) is 42.5 Å². The number of ether oxygens (including phenoxy) is 2. The van der Waals surface area contributed by atoms with Crippen molar-refractivity contribution in [3.63, 3.8) is 0 Å². The summed E-state index contributed by atoms with van der Waals surface area (Å²) >= 11 is 0. The van der Waals surface area contributed by atoms with Crippen LogP contribution in [0.1, 0.15) is 12.0 Å². The van der Waals surface area contributed by atoms with Crippen LogP contribution in [-0.4, -0.2) is 42.5 Å². The third-order valence-electron chi connectivity index (χ3n) is 4.89. The molecule has 1 spiro atoms. The van der Waals surface area contributed by atoms with Crippen molar-refractivity contribution in [2.24, 2.45) is 5.92 Å². The number of hydrogen-bond donors (Lipinski definition) is 0. The van der Waals surface area contributed by atoms with E-state index in [0.717, 1.165) is 6.42 Å². The maximum absolute atomic E-state index is 10.8. The van der Waals surface area contributed by atoms with Gasteiger partial charge < -0.3 is 9.47 Å². The highest BCUT2D eigenvalue weighted by Gasteiger charge is 2.61. The molecule has 5 heteroatoms. The predicted molar refractivity (Wildman–Crippen MR) is 78.6 cm³/mol. The zero-order valence-electron chi connectivity index (χ0n) is 12.3. The lowest BCUT2D eigenvalue weighted by Gasteiger charge is -2.38. The predicted octanol–water partition coefficient (Wildman–Crippen LogP) is 1.69. The van der Waals surface area contributed by atoms with Gasteiger partial charge in [-0.05, 0) is 11.6 Å². The monoisotopic (exact) mass is 301 g/mol. The number of benzene rings is 1. The summed E-state index contributed by atoms with van der Waals surface area (Å²) in [6.45, 7) is 2.53. The Kier molecular flexibility index (Phi) is 3.48. The molecule has 0 aromatic heterocycles. The molecule has 5 nitrogen and oxygen atoms in total. The third kappa shape index (κ3) is 2.08. The summed E-state index contributed by atoms with van der Waals surface area (Å²) in [4.78, 5) is 16.7. The lowest BCUT2D eigenvalue weighted by Crippen LogP contribution is -2.54. The maximum atomic E-state index is 10.8. The average Bonchev–Trinajstić information content (AvgIpc) is 3.21. The Hall–Kier alpha value is -1.69. The molecule has 22 heavy (non-hydrogen) atoms. The molecule has 1 aromatic carbocycles. The van der Waals surface area contributed by atoms with Crippen molar-refractivity contribution in [1.29, 1.82) is 0 Å². The van der Waals surface area contributed by atoms with Gasteiger partial charge in [0.25, 0.3) is 6.47 Å². The van der Waals surface area contributed by atoms with Crippen LogP contribution in [0, 0.1) is 5.92 Å². The van der Waals surface area contributed by atoms with E-state index in [4.69, 9.17) is 14.3 Å². The summed E-state index contributed by atoms with van der Waals surface area (Å²) < 4.78 is 11.4. The molecule has 116 valence electrons. The van der Waals surface area contributed by atoms with Gasteiger partial charge in [-0.1, -0.05) is 36.4 Å². The summed E-state index contributed by atoms with van der Waals surface area (Å²) in [6, 6.07) is 10.3. The smallest absolute Gasteiger partial charge is 0.293 e. The molecule has 2 aliphatic heterocycles. The van der Waals surface area contributed by atoms with Crippen LogP contribution in [0.5, 0.6) is 0 Å². The molecule has 0 radical (unpaired) electrons. The van der Waals surface area contributed by atoms with E-state index in [9.17, 15) is 4.79 Å². The first kappa shape index (κ1) is 13.9. The second kappa shape index (κ2) is 5.50. The maximum Gasteiger partial charge on any atom is 0.293 e. The molecule has 3 aliphatic rings. The van der Waals surface area contributed by atoms with Crippen LogP contribution in [0.4, 0.5) is 0 Å². The van der Waals surface area contributed by atoms with E-state index in [0.29, 0.717) is 32.1 Å². The Bertz CT molecular complexity index is 575. The second-order valence-corrected chi connectivity index (χ2v) is 6.11. The van der Waals surface area contributed by atoms with Gasteiger partial charge in [0.15, 0.2) is 6.10 Å². The van der Waals surface area contributed by atoms with Crippen LogP contribution in [-0.2, 0) is 25.7 Å². The summed E-state index contributed by atoms with van der Waals surface area (Å²) in [7, 11) is 0.